The smallest absolute Gasteiger partial charge is 0.407 e. The van der Waals surface area contributed by atoms with Crippen LogP contribution in [-0.4, -0.2) is 129 Å². The predicted molar refractivity (Wildman–Crippen MR) is 286 cm³/mol. The quantitative estimate of drug-likeness (QED) is 0.0749. The summed E-state index contributed by atoms with van der Waals surface area (Å²) in [5, 5.41) is 32.9. The molecule has 3 aromatic heterocycles. The number of allylic oxidation sites excluding steroid dienone is 1. The third kappa shape index (κ3) is 10.7. The van der Waals surface area contributed by atoms with Crippen molar-refractivity contribution in [3.63, 3.8) is 0 Å². The summed E-state index contributed by atoms with van der Waals surface area (Å²) < 4.78 is 8.53. The number of hydrogen-bond donors (Lipinski definition) is 4. The highest BCUT2D eigenvalue weighted by Crippen LogP contribution is 2.40. The maximum Gasteiger partial charge on any atom is 0.407 e. The van der Waals surface area contributed by atoms with Crippen LogP contribution >= 0.6 is 0 Å². The minimum atomic E-state index is -0.856. The molecule has 2 saturated heterocycles. The second-order valence-corrected chi connectivity index (χ2v) is 20.3. The molecule has 3 aliphatic heterocycles. The maximum absolute atomic E-state index is 14.4. The van der Waals surface area contributed by atoms with E-state index in [1.807, 2.05) is 129 Å². The largest absolute Gasteiger partial charge is 0.453 e. The fraction of sp³-hybridized carbons (Fsp3) is 0.333. The SMILES string of the molecule is COC(=O)N[C@H](C(=O)N1C[C@H](n2cc(-c3ccccc3)nn2)CC1C1=NC=C(c2ccc(-c3ccc(-c4cnc(C5C[C@@H](n6cc(-c7ccccc7)nn6)CN5C(=O)[C@@H](NC(=O)CO)C(C)C)[nH]4)cc3)cc2)C1)C(C)C. The van der Waals surface area contributed by atoms with Gasteiger partial charge in [-0.2, -0.15) is 0 Å². The Morgan fingerprint density at radius 1 is 0.658 bits per heavy atom. The van der Waals surface area contributed by atoms with E-state index in [2.05, 4.69) is 72.6 Å². The van der Waals surface area contributed by atoms with Crippen molar-refractivity contribution in [3.8, 4) is 44.9 Å². The number of likely N-dealkylation sites (tertiary alicyclic amines) is 2. The summed E-state index contributed by atoms with van der Waals surface area (Å²) >= 11 is 0. The molecule has 19 nitrogen and oxygen atoms in total. The molecule has 390 valence electrons. The van der Waals surface area contributed by atoms with Crippen LogP contribution in [0.15, 0.2) is 139 Å². The van der Waals surface area contributed by atoms with Crippen LogP contribution < -0.4 is 10.6 Å². The highest BCUT2D eigenvalue weighted by Gasteiger charge is 2.45. The van der Waals surface area contributed by atoms with E-state index in [1.54, 1.807) is 15.8 Å². The summed E-state index contributed by atoms with van der Waals surface area (Å²) in [6.07, 6.45) is 8.43. The molecule has 4 aromatic carbocycles. The minimum Gasteiger partial charge on any atom is -0.453 e. The molecule has 2 unspecified atom stereocenters. The van der Waals surface area contributed by atoms with Gasteiger partial charge in [0.15, 0.2) is 0 Å². The van der Waals surface area contributed by atoms with E-state index in [-0.39, 0.29) is 41.8 Å². The Bertz CT molecular complexity index is 3260. The van der Waals surface area contributed by atoms with Gasteiger partial charge in [-0.15, -0.1) is 10.2 Å². The van der Waals surface area contributed by atoms with Gasteiger partial charge in [-0.25, -0.2) is 19.1 Å². The van der Waals surface area contributed by atoms with E-state index in [1.165, 1.54) is 7.11 Å². The number of carbonyl (C=O) groups excluding carboxylic acids is 4. The summed E-state index contributed by atoms with van der Waals surface area (Å²) in [7, 11) is 1.29. The Morgan fingerprint density at radius 2 is 1.16 bits per heavy atom. The average molecular weight is 1020 g/mol. The molecule has 19 heteroatoms. The molecule has 4 N–H and O–H groups in total. The van der Waals surface area contributed by atoms with Gasteiger partial charge >= 0.3 is 6.09 Å². The number of ether oxygens (including phenoxy) is 1. The van der Waals surface area contributed by atoms with E-state index < -0.39 is 36.7 Å². The number of alkyl carbamates (subject to hydrolysis) is 1. The monoisotopic (exact) mass is 1020 g/mol. The molecule has 2 fully saturated rings. The molecule has 0 spiro atoms. The molecule has 0 saturated carbocycles. The van der Waals surface area contributed by atoms with Gasteiger partial charge in [0.05, 0.1) is 55.6 Å². The molecule has 7 aromatic rings. The lowest BCUT2D eigenvalue weighted by Gasteiger charge is -2.31. The molecule has 0 bridgehead atoms. The number of imidazole rings is 1. The number of aliphatic hydroxyl groups excluding tert-OH is 1. The van der Waals surface area contributed by atoms with Crippen LogP contribution in [-0.2, 0) is 19.1 Å². The van der Waals surface area contributed by atoms with Gasteiger partial charge in [-0.1, -0.05) is 147 Å². The topological polar surface area (TPSA) is 231 Å². The van der Waals surface area contributed by atoms with Gasteiger partial charge in [0.1, 0.15) is 35.9 Å². The molecule has 0 radical (unpaired) electrons. The van der Waals surface area contributed by atoms with Crippen LogP contribution in [0.4, 0.5) is 4.79 Å². The van der Waals surface area contributed by atoms with Gasteiger partial charge in [0.25, 0.3) is 0 Å². The van der Waals surface area contributed by atoms with Gasteiger partial charge in [0.2, 0.25) is 17.7 Å². The van der Waals surface area contributed by atoms with Gasteiger partial charge < -0.3 is 35.3 Å². The molecule has 4 amide bonds. The van der Waals surface area contributed by atoms with Gasteiger partial charge in [0, 0.05) is 42.5 Å². The Labute approximate surface area is 440 Å². The van der Waals surface area contributed by atoms with Crippen LogP contribution in [0, 0.1) is 11.8 Å². The fourth-order valence-corrected chi connectivity index (χ4v) is 10.5. The average Bonchev–Trinajstić information content (AvgIpc) is 4.32. The Hall–Kier alpha value is -8.58. The first-order valence-electron chi connectivity index (χ1n) is 25.7. The number of methoxy groups -OCH3 is 1. The lowest BCUT2D eigenvalue weighted by molar-refractivity contribution is -0.139. The molecule has 6 atom stereocenters. The van der Waals surface area contributed by atoms with Crippen molar-refractivity contribution in [2.75, 3.05) is 26.8 Å². The molecule has 6 heterocycles. The van der Waals surface area contributed by atoms with E-state index in [4.69, 9.17) is 14.7 Å². The highest BCUT2D eigenvalue weighted by atomic mass is 16.5. The number of hydrogen-bond acceptors (Lipinski definition) is 12. The molecule has 3 aliphatic rings. The van der Waals surface area contributed by atoms with Crippen molar-refractivity contribution >= 4 is 35.1 Å². The van der Waals surface area contributed by atoms with Crippen molar-refractivity contribution in [3.05, 3.63) is 145 Å². The zero-order chi connectivity index (χ0) is 53.0. The molecule has 76 heavy (non-hydrogen) atoms. The minimum absolute atomic E-state index is 0.169. The number of nitrogens with one attached hydrogen (secondary N) is 3. The predicted octanol–water partition coefficient (Wildman–Crippen LogP) is 7.32. The number of benzene rings is 4. The zero-order valence-corrected chi connectivity index (χ0v) is 43.0. The second kappa shape index (κ2) is 22.1. The lowest BCUT2D eigenvalue weighted by Crippen LogP contribution is -2.53. The summed E-state index contributed by atoms with van der Waals surface area (Å²) in [5.41, 5.74) is 10.0. The number of aliphatic hydroxyl groups is 1. The summed E-state index contributed by atoms with van der Waals surface area (Å²) in [4.78, 5) is 70.3. The van der Waals surface area contributed by atoms with Crippen LogP contribution in [0.1, 0.15) is 76.5 Å². The van der Waals surface area contributed by atoms with E-state index in [9.17, 15) is 24.3 Å². The van der Waals surface area contributed by atoms with Crippen molar-refractivity contribution in [1.29, 1.82) is 0 Å². The molecular weight excluding hydrogens is 963 g/mol. The first kappa shape index (κ1) is 50.9. The standard InChI is InChI=1S/C57H61N13O6/c1-34(2)52(61-51(72)33-71)55(73)68-30-44(70-32-48(64-66-70)40-14-10-7-11-15-40)26-50(68)54-59-28-46(60-54)41-22-20-37(21-23-41)36-16-18-38(19-17-36)42-24-45(58-27-42)49-25-43(69-31-47(63-65-69)39-12-8-6-9-13-39)29-67(49)56(74)53(35(3)4)62-57(75)76-5/h6-23,27-28,31-32,34-35,43-44,49-50,52-53,71H,24-26,29-30,33H2,1-5H3,(H,59,60)(H,61,72)(H,62,75)/t43-,44-,49?,50?,52+,53+/m1/s1. The van der Waals surface area contributed by atoms with Crippen molar-refractivity contribution < 1.29 is 29.0 Å². The number of carbonyl (C=O) groups is 4. The first-order chi connectivity index (χ1) is 36.8. The zero-order valence-electron chi connectivity index (χ0n) is 43.0. The van der Waals surface area contributed by atoms with Crippen LogP contribution in [0.25, 0.3) is 50.5 Å². The van der Waals surface area contributed by atoms with Gasteiger partial charge in [-0.05, 0) is 52.5 Å². The molecular formula is C57H61N13O6. The number of nitrogens with zero attached hydrogens (tertiary/aromatic N) is 10. The molecule has 10 rings (SSSR count). The van der Waals surface area contributed by atoms with Crippen LogP contribution in [0.2, 0.25) is 0 Å². The normalized spacial score (nSPS) is 19.2. The van der Waals surface area contributed by atoms with Crippen molar-refractivity contribution in [1.82, 2.24) is 60.4 Å². The maximum atomic E-state index is 14.4. The third-order valence-electron chi connectivity index (χ3n) is 14.7. The van der Waals surface area contributed by atoms with E-state index in [0.717, 1.165) is 61.7 Å². The highest BCUT2D eigenvalue weighted by molar-refractivity contribution is 6.04. The van der Waals surface area contributed by atoms with Gasteiger partial charge in [-0.3, -0.25) is 19.4 Å². The van der Waals surface area contributed by atoms with Crippen LogP contribution in [0.3, 0.4) is 0 Å². The van der Waals surface area contributed by atoms with E-state index >= 15 is 0 Å². The summed E-state index contributed by atoms with van der Waals surface area (Å²) in [6, 6.07) is 33.3. The number of rotatable bonds is 16. The Kier molecular flexibility index (Phi) is 14.8. The third-order valence-corrected chi connectivity index (χ3v) is 14.7. The number of aromatic amines is 1. The number of H-pyrrole nitrogens is 1. The second-order valence-electron chi connectivity index (χ2n) is 20.3. The number of aliphatic imine (C=N–C) groups is 1. The summed E-state index contributed by atoms with van der Waals surface area (Å²) in [6.45, 7) is 7.47. The van der Waals surface area contributed by atoms with E-state index in [0.29, 0.717) is 38.2 Å². The first-order valence-corrected chi connectivity index (χ1v) is 25.7. The summed E-state index contributed by atoms with van der Waals surface area (Å²) in [5.74, 6) is -0.932. The van der Waals surface area contributed by atoms with Crippen LogP contribution in [0.5, 0.6) is 0 Å². The number of aromatic nitrogens is 8. The lowest BCUT2D eigenvalue weighted by atomic mass is 9.95. The van der Waals surface area contributed by atoms with Crippen molar-refractivity contribution in [2.24, 2.45) is 16.8 Å². The Balaban J connectivity index is 0.828. The van der Waals surface area contributed by atoms with Crippen molar-refractivity contribution in [2.45, 2.75) is 83.2 Å². The fourth-order valence-electron chi connectivity index (χ4n) is 10.5. The molecule has 0 aliphatic carbocycles. The number of amides is 4. The Morgan fingerprint density at radius 3 is 1.68 bits per heavy atom.